The summed E-state index contributed by atoms with van der Waals surface area (Å²) in [6.45, 7) is 5.88. The molecule has 2 heterocycles. The van der Waals surface area contributed by atoms with E-state index in [1.807, 2.05) is 49.9 Å². The molecule has 0 bridgehead atoms. The maximum absolute atomic E-state index is 5.75. The Morgan fingerprint density at radius 2 is 2.00 bits per heavy atom. The lowest BCUT2D eigenvalue weighted by atomic mass is 10.2. The van der Waals surface area contributed by atoms with Crippen LogP contribution in [0.15, 0.2) is 30.6 Å². The smallest absolute Gasteiger partial charge is 0.246 e. The number of benzene rings is 1. The molecule has 0 fully saturated rings. The molecule has 5 nitrogen and oxygen atoms in total. The van der Waals surface area contributed by atoms with Crippen molar-refractivity contribution in [3.63, 3.8) is 0 Å². The zero-order chi connectivity index (χ0) is 14.3. The molecule has 3 rings (SSSR count). The lowest BCUT2D eigenvalue weighted by Crippen LogP contribution is -2.29. The molecule has 0 amide bonds. The van der Waals surface area contributed by atoms with E-state index in [2.05, 4.69) is 17.2 Å². The first-order valence-electron chi connectivity index (χ1n) is 6.70. The van der Waals surface area contributed by atoms with Crippen molar-refractivity contribution in [2.75, 3.05) is 5.32 Å². The Morgan fingerprint density at radius 1 is 1.25 bits per heavy atom. The summed E-state index contributed by atoms with van der Waals surface area (Å²) in [5.74, 6) is 1.95. The molecule has 0 spiro atoms. The standard InChI is InChI=1S/C15H19N3O2/c1-10(14-16-7-8-18(14)4)17-11-5-6-12-13(9-11)20-15(2,3)19-12/h5-10,17H,1-4H3. The summed E-state index contributed by atoms with van der Waals surface area (Å²) in [6, 6.07) is 5.99. The van der Waals surface area contributed by atoms with E-state index in [1.54, 1.807) is 6.20 Å². The van der Waals surface area contributed by atoms with E-state index >= 15 is 0 Å². The maximum Gasteiger partial charge on any atom is 0.246 e. The second-order valence-electron chi connectivity index (χ2n) is 5.53. The van der Waals surface area contributed by atoms with E-state index < -0.39 is 5.79 Å². The first-order chi connectivity index (χ1) is 9.44. The van der Waals surface area contributed by atoms with Crippen molar-refractivity contribution >= 4 is 5.69 Å². The van der Waals surface area contributed by atoms with Crippen LogP contribution in [0.4, 0.5) is 5.69 Å². The molecule has 0 aliphatic carbocycles. The number of nitrogens with zero attached hydrogens (tertiary/aromatic N) is 2. The molecule has 20 heavy (non-hydrogen) atoms. The van der Waals surface area contributed by atoms with Crippen LogP contribution in [0.3, 0.4) is 0 Å². The van der Waals surface area contributed by atoms with E-state index in [0.717, 1.165) is 23.0 Å². The van der Waals surface area contributed by atoms with Crippen LogP contribution in [0.2, 0.25) is 0 Å². The van der Waals surface area contributed by atoms with Gasteiger partial charge >= 0.3 is 0 Å². The molecule has 106 valence electrons. The molecule has 0 saturated carbocycles. The molecule has 1 aliphatic rings. The summed E-state index contributed by atoms with van der Waals surface area (Å²) in [4.78, 5) is 4.35. The van der Waals surface area contributed by atoms with Gasteiger partial charge in [0.1, 0.15) is 5.82 Å². The van der Waals surface area contributed by atoms with Crippen LogP contribution < -0.4 is 14.8 Å². The van der Waals surface area contributed by atoms with Crippen molar-refractivity contribution in [3.05, 3.63) is 36.4 Å². The Hall–Kier alpha value is -2.17. The molecule has 0 radical (unpaired) electrons. The number of aryl methyl sites for hydroxylation is 1. The lowest BCUT2D eigenvalue weighted by molar-refractivity contribution is -0.0431. The van der Waals surface area contributed by atoms with Gasteiger partial charge in [-0.2, -0.15) is 0 Å². The van der Waals surface area contributed by atoms with Gasteiger partial charge < -0.3 is 19.4 Å². The minimum Gasteiger partial charge on any atom is -0.449 e. The van der Waals surface area contributed by atoms with Crippen molar-refractivity contribution in [2.24, 2.45) is 7.05 Å². The van der Waals surface area contributed by atoms with Crippen LogP contribution in [0, 0.1) is 0 Å². The Labute approximate surface area is 118 Å². The Balaban J connectivity index is 1.79. The summed E-state index contributed by atoms with van der Waals surface area (Å²) in [5.41, 5.74) is 0.987. The van der Waals surface area contributed by atoms with Crippen LogP contribution in [0.25, 0.3) is 0 Å². The molecule has 1 N–H and O–H groups in total. The number of rotatable bonds is 3. The number of hydrogen-bond acceptors (Lipinski definition) is 4. The fourth-order valence-electron chi connectivity index (χ4n) is 2.42. The van der Waals surface area contributed by atoms with Gasteiger partial charge in [-0.05, 0) is 19.1 Å². The van der Waals surface area contributed by atoms with Gasteiger partial charge in [0.15, 0.2) is 11.5 Å². The highest BCUT2D eigenvalue weighted by molar-refractivity contribution is 5.56. The van der Waals surface area contributed by atoms with Crippen LogP contribution in [-0.4, -0.2) is 15.3 Å². The van der Waals surface area contributed by atoms with Gasteiger partial charge in [-0.25, -0.2) is 4.98 Å². The van der Waals surface area contributed by atoms with Gasteiger partial charge in [-0.1, -0.05) is 0 Å². The number of anilines is 1. The fourth-order valence-corrected chi connectivity index (χ4v) is 2.42. The number of hydrogen-bond donors (Lipinski definition) is 1. The van der Waals surface area contributed by atoms with E-state index in [-0.39, 0.29) is 6.04 Å². The van der Waals surface area contributed by atoms with Crippen molar-refractivity contribution < 1.29 is 9.47 Å². The predicted octanol–water partition coefficient (Wildman–Crippen LogP) is 3.10. The van der Waals surface area contributed by atoms with Gasteiger partial charge in [-0.15, -0.1) is 0 Å². The van der Waals surface area contributed by atoms with Crippen molar-refractivity contribution in [3.8, 4) is 11.5 Å². The molecule has 0 saturated heterocycles. The number of aromatic nitrogens is 2. The Kier molecular flexibility index (Phi) is 2.85. The number of fused-ring (bicyclic) bond motifs is 1. The van der Waals surface area contributed by atoms with Crippen molar-refractivity contribution in [1.82, 2.24) is 9.55 Å². The lowest BCUT2D eigenvalue weighted by Gasteiger charge is -2.16. The third kappa shape index (κ3) is 2.31. The van der Waals surface area contributed by atoms with Gasteiger partial charge in [0.2, 0.25) is 5.79 Å². The van der Waals surface area contributed by atoms with E-state index in [1.165, 1.54) is 0 Å². The van der Waals surface area contributed by atoms with E-state index in [0.29, 0.717) is 0 Å². The summed E-state index contributed by atoms with van der Waals surface area (Å²) >= 11 is 0. The number of nitrogens with one attached hydrogen (secondary N) is 1. The van der Waals surface area contributed by atoms with Crippen LogP contribution in [0.1, 0.15) is 32.6 Å². The SMILES string of the molecule is CC(Nc1ccc2c(c1)OC(C)(C)O2)c1nccn1C. The molecule has 1 aromatic carbocycles. The molecular formula is C15H19N3O2. The van der Waals surface area contributed by atoms with Crippen molar-refractivity contribution in [1.29, 1.82) is 0 Å². The second-order valence-corrected chi connectivity index (χ2v) is 5.53. The van der Waals surface area contributed by atoms with E-state index in [9.17, 15) is 0 Å². The number of ether oxygens (including phenoxy) is 2. The normalized spacial score (nSPS) is 17.0. The highest BCUT2D eigenvalue weighted by Crippen LogP contribution is 2.41. The van der Waals surface area contributed by atoms with Gasteiger partial charge in [0.05, 0.1) is 6.04 Å². The average molecular weight is 273 g/mol. The zero-order valence-electron chi connectivity index (χ0n) is 12.2. The summed E-state index contributed by atoms with van der Waals surface area (Å²) in [5, 5.41) is 3.42. The summed E-state index contributed by atoms with van der Waals surface area (Å²) in [7, 11) is 1.99. The zero-order valence-corrected chi connectivity index (χ0v) is 12.2. The highest BCUT2D eigenvalue weighted by Gasteiger charge is 2.31. The van der Waals surface area contributed by atoms with Crippen LogP contribution >= 0.6 is 0 Å². The second kappa shape index (κ2) is 4.44. The molecule has 1 aliphatic heterocycles. The third-order valence-corrected chi connectivity index (χ3v) is 3.28. The third-order valence-electron chi connectivity index (χ3n) is 3.28. The Bertz CT molecular complexity index is 634. The van der Waals surface area contributed by atoms with Crippen LogP contribution in [0.5, 0.6) is 11.5 Å². The van der Waals surface area contributed by atoms with Gasteiger partial charge in [0, 0.05) is 45.0 Å². The first-order valence-corrected chi connectivity index (χ1v) is 6.70. The molecule has 1 aromatic heterocycles. The summed E-state index contributed by atoms with van der Waals surface area (Å²) in [6.07, 6.45) is 3.74. The molecular weight excluding hydrogens is 254 g/mol. The maximum atomic E-state index is 5.75. The molecule has 1 unspecified atom stereocenters. The van der Waals surface area contributed by atoms with E-state index in [4.69, 9.17) is 9.47 Å². The van der Waals surface area contributed by atoms with Crippen LogP contribution in [-0.2, 0) is 7.05 Å². The largest absolute Gasteiger partial charge is 0.449 e. The predicted molar refractivity (Wildman–Crippen MR) is 77.0 cm³/mol. The quantitative estimate of drug-likeness (QED) is 0.933. The summed E-state index contributed by atoms with van der Waals surface area (Å²) < 4.78 is 13.4. The first kappa shape index (κ1) is 12.8. The molecule has 5 heteroatoms. The van der Waals surface area contributed by atoms with Gasteiger partial charge in [-0.3, -0.25) is 0 Å². The molecule has 1 atom stereocenters. The topological polar surface area (TPSA) is 48.3 Å². The number of imidazole rings is 1. The molecule has 2 aromatic rings. The van der Waals surface area contributed by atoms with Crippen molar-refractivity contribution in [2.45, 2.75) is 32.6 Å². The van der Waals surface area contributed by atoms with Gasteiger partial charge in [0.25, 0.3) is 0 Å². The highest BCUT2D eigenvalue weighted by atomic mass is 16.7. The average Bonchev–Trinajstić information content (AvgIpc) is 2.90. The minimum atomic E-state index is -0.591. The fraction of sp³-hybridized carbons (Fsp3) is 0.400. The monoisotopic (exact) mass is 273 g/mol. The Morgan fingerprint density at radius 3 is 2.70 bits per heavy atom. The minimum absolute atomic E-state index is 0.114.